The van der Waals surface area contributed by atoms with Crippen molar-refractivity contribution in [1.82, 2.24) is 5.32 Å². The second-order valence-corrected chi connectivity index (χ2v) is 5.02. The maximum Gasteiger partial charge on any atom is 0.0424 e. The molecule has 0 aliphatic rings. The van der Waals surface area contributed by atoms with E-state index in [1.807, 2.05) is 11.3 Å². The Morgan fingerprint density at radius 2 is 2.33 bits per heavy atom. The zero-order valence-electron chi connectivity index (χ0n) is 9.55. The smallest absolute Gasteiger partial charge is 0.0424 e. The standard InChI is InChI=1S/C13H19NS/c1-4-6-7-12(14-10-5-2)13-9-8-11(3)15-13/h1,8-9,12,14H,5-7,10H2,2-3H3. The third-order valence-corrected chi connectivity index (χ3v) is 3.44. The molecule has 2 heteroatoms. The minimum absolute atomic E-state index is 0.444. The molecule has 0 fully saturated rings. The van der Waals surface area contributed by atoms with Gasteiger partial charge in [-0.2, -0.15) is 0 Å². The van der Waals surface area contributed by atoms with E-state index in [1.165, 1.54) is 9.75 Å². The first kappa shape index (κ1) is 12.3. The Balaban J connectivity index is 2.59. The highest BCUT2D eigenvalue weighted by molar-refractivity contribution is 7.12. The second kappa shape index (κ2) is 6.66. The van der Waals surface area contributed by atoms with Crippen LogP contribution in [0.5, 0.6) is 0 Å². The summed E-state index contributed by atoms with van der Waals surface area (Å²) in [7, 11) is 0. The fraction of sp³-hybridized carbons (Fsp3) is 0.538. The first-order valence-corrected chi connectivity index (χ1v) is 6.32. The van der Waals surface area contributed by atoms with Gasteiger partial charge in [-0.1, -0.05) is 6.92 Å². The molecule has 1 atom stereocenters. The molecule has 1 heterocycles. The van der Waals surface area contributed by atoms with Crippen molar-refractivity contribution in [1.29, 1.82) is 0 Å². The summed E-state index contributed by atoms with van der Waals surface area (Å²) in [5.41, 5.74) is 0. The molecule has 0 aliphatic carbocycles. The van der Waals surface area contributed by atoms with Crippen LogP contribution in [-0.2, 0) is 0 Å². The molecule has 0 spiro atoms. The van der Waals surface area contributed by atoms with Gasteiger partial charge in [0.25, 0.3) is 0 Å². The summed E-state index contributed by atoms with van der Waals surface area (Å²) in [6, 6.07) is 4.83. The molecule has 82 valence electrons. The molecule has 1 nitrogen and oxygen atoms in total. The summed E-state index contributed by atoms with van der Waals surface area (Å²) in [5, 5.41) is 3.55. The van der Waals surface area contributed by atoms with E-state index in [2.05, 4.69) is 37.2 Å². The quantitative estimate of drug-likeness (QED) is 0.725. The van der Waals surface area contributed by atoms with Crippen LogP contribution < -0.4 is 5.32 Å². The van der Waals surface area contributed by atoms with E-state index < -0.39 is 0 Å². The molecule has 1 aromatic rings. The van der Waals surface area contributed by atoms with Crippen molar-refractivity contribution in [2.45, 2.75) is 39.2 Å². The number of hydrogen-bond acceptors (Lipinski definition) is 2. The Morgan fingerprint density at radius 1 is 1.53 bits per heavy atom. The summed E-state index contributed by atoms with van der Waals surface area (Å²) in [5.74, 6) is 2.72. The van der Waals surface area contributed by atoms with Gasteiger partial charge in [-0.3, -0.25) is 0 Å². The SMILES string of the molecule is C#CCCC(NCCC)c1ccc(C)s1. The zero-order chi connectivity index (χ0) is 11.1. The first-order chi connectivity index (χ1) is 7.27. The normalized spacial score (nSPS) is 12.3. The molecule has 1 N–H and O–H groups in total. The summed E-state index contributed by atoms with van der Waals surface area (Å²) < 4.78 is 0. The lowest BCUT2D eigenvalue weighted by Crippen LogP contribution is -2.21. The predicted molar refractivity (Wildman–Crippen MR) is 68.2 cm³/mol. The fourth-order valence-corrected chi connectivity index (χ4v) is 2.52. The number of terminal acetylenes is 1. The largest absolute Gasteiger partial charge is 0.309 e. The Morgan fingerprint density at radius 3 is 2.87 bits per heavy atom. The summed E-state index contributed by atoms with van der Waals surface area (Å²) >= 11 is 1.87. The van der Waals surface area contributed by atoms with Crippen molar-refractivity contribution in [3.63, 3.8) is 0 Å². The van der Waals surface area contributed by atoms with E-state index in [9.17, 15) is 0 Å². The summed E-state index contributed by atoms with van der Waals surface area (Å²) in [4.78, 5) is 2.78. The van der Waals surface area contributed by atoms with Crippen molar-refractivity contribution in [3.05, 3.63) is 21.9 Å². The fourth-order valence-electron chi connectivity index (χ4n) is 1.53. The molecule has 0 bridgehead atoms. The van der Waals surface area contributed by atoms with Crippen molar-refractivity contribution in [3.8, 4) is 12.3 Å². The van der Waals surface area contributed by atoms with Gasteiger partial charge in [0.05, 0.1) is 0 Å². The van der Waals surface area contributed by atoms with E-state index in [-0.39, 0.29) is 0 Å². The Bertz CT molecular complexity index is 322. The molecule has 0 radical (unpaired) electrons. The average molecular weight is 221 g/mol. The topological polar surface area (TPSA) is 12.0 Å². The van der Waals surface area contributed by atoms with Crippen molar-refractivity contribution in [2.24, 2.45) is 0 Å². The molecule has 0 amide bonds. The summed E-state index contributed by atoms with van der Waals surface area (Å²) in [6.07, 6.45) is 8.36. The Labute approximate surface area is 96.9 Å². The maximum atomic E-state index is 5.31. The predicted octanol–water partition coefficient (Wildman–Crippen LogP) is 3.51. The van der Waals surface area contributed by atoms with Gasteiger partial charge in [-0.15, -0.1) is 23.7 Å². The van der Waals surface area contributed by atoms with Crippen molar-refractivity contribution >= 4 is 11.3 Å². The van der Waals surface area contributed by atoms with Crippen LogP contribution >= 0.6 is 11.3 Å². The highest BCUT2D eigenvalue weighted by atomic mass is 32.1. The van der Waals surface area contributed by atoms with Crippen LogP contribution in [-0.4, -0.2) is 6.54 Å². The minimum Gasteiger partial charge on any atom is -0.309 e. The highest BCUT2D eigenvalue weighted by Crippen LogP contribution is 2.25. The van der Waals surface area contributed by atoms with Crippen LogP contribution in [0.4, 0.5) is 0 Å². The second-order valence-electron chi connectivity index (χ2n) is 3.70. The van der Waals surface area contributed by atoms with Crippen LogP contribution in [0.25, 0.3) is 0 Å². The molecule has 1 unspecified atom stereocenters. The number of aryl methyl sites for hydroxylation is 1. The number of rotatable bonds is 6. The number of thiophene rings is 1. The van der Waals surface area contributed by atoms with Crippen LogP contribution in [0.2, 0.25) is 0 Å². The van der Waals surface area contributed by atoms with Gasteiger partial charge in [-0.05, 0) is 38.4 Å². The lowest BCUT2D eigenvalue weighted by Gasteiger charge is -2.15. The summed E-state index contributed by atoms with van der Waals surface area (Å²) in [6.45, 7) is 5.39. The van der Waals surface area contributed by atoms with E-state index in [0.717, 1.165) is 25.8 Å². The van der Waals surface area contributed by atoms with E-state index in [0.29, 0.717) is 6.04 Å². The van der Waals surface area contributed by atoms with E-state index in [4.69, 9.17) is 6.42 Å². The van der Waals surface area contributed by atoms with Gasteiger partial charge in [0.1, 0.15) is 0 Å². The lowest BCUT2D eigenvalue weighted by molar-refractivity contribution is 0.512. The third kappa shape index (κ3) is 4.07. The number of hydrogen-bond donors (Lipinski definition) is 1. The molecule has 0 saturated heterocycles. The average Bonchev–Trinajstić information content (AvgIpc) is 2.65. The van der Waals surface area contributed by atoms with E-state index >= 15 is 0 Å². The van der Waals surface area contributed by atoms with Crippen molar-refractivity contribution in [2.75, 3.05) is 6.54 Å². The van der Waals surface area contributed by atoms with Gasteiger partial charge in [0.2, 0.25) is 0 Å². The molecule has 1 aromatic heterocycles. The molecule has 0 aromatic carbocycles. The number of nitrogens with one attached hydrogen (secondary N) is 1. The van der Waals surface area contributed by atoms with Crippen LogP contribution in [0, 0.1) is 19.3 Å². The highest BCUT2D eigenvalue weighted by Gasteiger charge is 2.11. The minimum atomic E-state index is 0.444. The molecule has 0 aliphatic heterocycles. The molecule has 1 rings (SSSR count). The molecule has 0 saturated carbocycles. The molecular formula is C13H19NS. The van der Waals surface area contributed by atoms with Gasteiger partial charge < -0.3 is 5.32 Å². The van der Waals surface area contributed by atoms with E-state index in [1.54, 1.807) is 0 Å². The first-order valence-electron chi connectivity index (χ1n) is 5.51. The van der Waals surface area contributed by atoms with Gasteiger partial charge in [0, 0.05) is 22.2 Å². The Kier molecular flexibility index (Phi) is 5.45. The monoisotopic (exact) mass is 221 g/mol. The van der Waals surface area contributed by atoms with Gasteiger partial charge in [0.15, 0.2) is 0 Å². The molecular weight excluding hydrogens is 202 g/mol. The van der Waals surface area contributed by atoms with Gasteiger partial charge >= 0.3 is 0 Å². The Hall–Kier alpha value is -0.780. The third-order valence-electron chi connectivity index (χ3n) is 2.32. The maximum absolute atomic E-state index is 5.31. The zero-order valence-corrected chi connectivity index (χ0v) is 10.4. The van der Waals surface area contributed by atoms with Gasteiger partial charge in [-0.25, -0.2) is 0 Å². The van der Waals surface area contributed by atoms with Crippen LogP contribution in [0.15, 0.2) is 12.1 Å². The van der Waals surface area contributed by atoms with Crippen molar-refractivity contribution < 1.29 is 0 Å². The molecule has 15 heavy (non-hydrogen) atoms. The lowest BCUT2D eigenvalue weighted by atomic mass is 10.1. The van der Waals surface area contributed by atoms with Crippen LogP contribution in [0.1, 0.15) is 42.0 Å². The van der Waals surface area contributed by atoms with Crippen LogP contribution in [0.3, 0.4) is 0 Å².